The summed E-state index contributed by atoms with van der Waals surface area (Å²) in [6.07, 6.45) is 1.06. The number of non-ortho nitro benzene ring substituents is 1. The summed E-state index contributed by atoms with van der Waals surface area (Å²) in [6.45, 7) is 0. The van der Waals surface area contributed by atoms with E-state index in [-0.39, 0.29) is 11.6 Å². The summed E-state index contributed by atoms with van der Waals surface area (Å²) in [5.74, 6) is 0.957. The normalized spacial score (nSPS) is 10.8. The molecule has 0 saturated heterocycles. The zero-order chi connectivity index (χ0) is 20.1. The van der Waals surface area contributed by atoms with Crippen molar-refractivity contribution < 1.29 is 14.5 Å². The number of nitrogens with one attached hydrogen (secondary N) is 1. The molecule has 0 bridgehead atoms. The van der Waals surface area contributed by atoms with Gasteiger partial charge in [-0.15, -0.1) is 11.8 Å². The second-order valence-corrected chi connectivity index (χ2v) is 8.36. The Morgan fingerprint density at radius 1 is 1.36 bits per heavy atom. The van der Waals surface area contributed by atoms with Crippen LogP contribution in [0.4, 0.5) is 10.8 Å². The van der Waals surface area contributed by atoms with Crippen molar-refractivity contribution in [1.29, 1.82) is 0 Å². The molecule has 0 aliphatic carbocycles. The van der Waals surface area contributed by atoms with Crippen molar-refractivity contribution in [2.24, 2.45) is 0 Å². The molecule has 10 heteroatoms. The summed E-state index contributed by atoms with van der Waals surface area (Å²) >= 11 is 8.69. The second kappa shape index (κ2) is 9.22. The van der Waals surface area contributed by atoms with Crippen molar-refractivity contribution in [3.05, 3.63) is 51.5 Å². The summed E-state index contributed by atoms with van der Waals surface area (Å²) in [4.78, 5) is 28.1. The maximum atomic E-state index is 12.2. The van der Waals surface area contributed by atoms with Gasteiger partial charge in [-0.2, -0.15) is 0 Å². The molecule has 1 aromatic heterocycles. The Morgan fingerprint density at radius 2 is 2.11 bits per heavy atom. The number of hydrogen-bond acceptors (Lipinski definition) is 7. The van der Waals surface area contributed by atoms with E-state index in [2.05, 4.69) is 10.3 Å². The lowest BCUT2D eigenvalue weighted by atomic mass is 10.3. The number of nitro groups is 1. The number of ether oxygens (including phenoxy) is 1. The molecule has 1 amide bonds. The zero-order valence-electron chi connectivity index (χ0n) is 14.8. The summed E-state index contributed by atoms with van der Waals surface area (Å²) in [5.41, 5.74) is 0.414. The van der Waals surface area contributed by atoms with Crippen molar-refractivity contribution in [1.82, 2.24) is 4.98 Å². The molecule has 0 atom stereocenters. The zero-order valence-corrected chi connectivity index (χ0v) is 17.2. The van der Waals surface area contributed by atoms with Gasteiger partial charge in [0, 0.05) is 22.4 Å². The van der Waals surface area contributed by atoms with Crippen LogP contribution in [0.1, 0.15) is 12.8 Å². The molecule has 7 nitrogen and oxygen atoms in total. The molecule has 146 valence electrons. The minimum absolute atomic E-state index is 0.0786. The number of nitrogens with zero attached hydrogens (tertiary/aromatic N) is 2. The van der Waals surface area contributed by atoms with Gasteiger partial charge >= 0.3 is 0 Å². The number of anilines is 1. The Kier molecular flexibility index (Phi) is 6.71. The number of aromatic nitrogens is 1. The van der Waals surface area contributed by atoms with Crippen molar-refractivity contribution in [3.63, 3.8) is 0 Å². The van der Waals surface area contributed by atoms with Crippen LogP contribution in [0.25, 0.3) is 10.2 Å². The predicted octanol–water partition coefficient (Wildman–Crippen LogP) is 5.38. The first-order valence-electron chi connectivity index (χ1n) is 8.27. The molecule has 1 heterocycles. The molecule has 0 fully saturated rings. The summed E-state index contributed by atoms with van der Waals surface area (Å²) in [5, 5.41) is 14.9. The molecule has 0 spiro atoms. The van der Waals surface area contributed by atoms with Gasteiger partial charge in [0.05, 0.1) is 22.8 Å². The molecule has 3 aromatic rings. The van der Waals surface area contributed by atoms with E-state index in [1.807, 2.05) is 24.3 Å². The van der Waals surface area contributed by atoms with Crippen LogP contribution in [0, 0.1) is 10.1 Å². The van der Waals surface area contributed by atoms with Gasteiger partial charge in [-0.1, -0.05) is 22.9 Å². The largest absolute Gasteiger partial charge is 0.494 e. The number of fused-ring (bicyclic) bond motifs is 1. The van der Waals surface area contributed by atoms with Crippen LogP contribution < -0.4 is 10.1 Å². The quantitative estimate of drug-likeness (QED) is 0.220. The van der Waals surface area contributed by atoms with Crippen molar-refractivity contribution in [2.45, 2.75) is 17.7 Å². The molecule has 0 aliphatic rings. The highest BCUT2D eigenvalue weighted by Gasteiger charge is 2.17. The van der Waals surface area contributed by atoms with Crippen LogP contribution in [0.2, 0.25) is 5.02 Å². The third-order valence-electron chi connectivity index (χ3n) is 3.75. The predicted molar refractivity (Wildman–Crippen MR) is 113 cm³/mol. The first-order valence-corrected chi connectivity index (χ1v) is 10.5. The molecular formula is C18H16ClN3O4S2. The minimum Gasteiger partial charge on any atom is -0.494 e. The number of rotatable bonds is 8. The van der Waals surface area contributed by atoms with Crippen molar-refractivity contribution >= 4 is 61.6 Å². The van der Waals surface area contributed by atoms with Gasteiger partial charge in [0.2, 0.25) is 5.91 Å². The number of methoxy groups -OCH3 is 1. The van der Waals surface area contributed by atoms with Gasteiger partial charge in [0.1, 0.15) is 5.52 Å². The van der Waals surface area contributed by atoms with Gasteiger partial charge in [-0.25, -0.2) is 4.98 Å². The number of amides is 1. The summed E-state index contributed by atoms with van der Waals surface area (Å²) in [7, 11) is 1.43. The van der Waals surface area contributed by atoms with E-state index in [1.165, 1.54) is 30.6 Å². The Bertz CT molecular complexity index is 1010. The van der Waals surface area contributed by atoms with Crippen LogP contribution in [0.15, 0.2) is 41.3 Å². The average molecular weight is 438 g/mol. The molecule has 0 saturated carbocycles. The lowest BCUT2D eigenvalue weighted by Crippen LogP contribution is -2.11. The number of thiazole rings is 1. The number of thioether (sulfide) groups is 1. The fourth-order valence-electron chi connectivity index (χ4n) is 2.43. The van der Waals surface area contributed by atoms with Crippen molar-refractivity contribution in [2.75, 3.05) is 18.2 Å². The van der Waals surface area contributed by atoms with Gasteiger partial charge < -0.3 is 10.1 Å². The smallest absolute Gasteiger partial charge is 0.274 e. The van der Waals surface area contributed by atoms with Crippen molar-refractivity contribution in [3.8, 4) is 5.75 Å². The molecule has 1 N–H and O–H groups in total. The third-order valence-corrected chi connectivity index (χ3v) is 6.02. The number of carbonyl (C=O) groups excluding carboxylic acids is 1. The molecule has 0 radical (unpaired) electrons. The molecule has 0 unspecified atom stereocenters. The number of carbonyl (C=O) groups is 1. The molecular weight excluding hydrogens is 422 g/mol. The SMILES string of the molecule is COc1cc([N+](=O)[O-])cc2sc(NC(=O)CCCSc3ccc(Cl)cc3)nc12. The molecule has 3 rings (SSSR count). The fraction of sp³-hybridized carbons (Fsp3) is 0.222. The van der Waals surface area contributed by atoms with E-state index in [0.29, 0.717) is 39.0 Å². The highest BCUT2D eigenvalue weighted by molar-refractivity contribution is 7.99. The van der Waals surface area contributed by atoms with Crippen LogP contribution in [0.3, 0.4) is 0 Å². The van der Waals surface area contributed by atoms with Gasteiger partial charge in [0.25, 0.3) is 5.69 Å². The second-order valence-electron chi connectivity index (χ2n) is 5.73. The van der Waals surface area contributed by atoms with Crippen LogP contribution >= 0.6 is 34.7 Å². The average Bonchev–Trinajstić information content (AvgIpc) is 3.08. The Morgan fingerprint density at radius 3 is 2.79 bits per heavy atom. The van der Waals surface area contributed by atoms with Crippen LogP contribution in [0.5, 0.6) is 5.75 Å². The maximum Gasteiger partial charge on any atom is 0.274 e. The summed E-state index contributed by atoms with van der Waals surface area (Å²) < 4.78 is 5.76. The maximum absolute atomic E-state index is 12.2. The number of benzene rings is 2. The monoisotopic (exact) mass is 437 g/mol. The first kappa shape index (κ1) is 20.4. The standard InChI is InChI=1S/C18H16ClN3O4S2/c1-26-14-9-12(22(24)25)10-15-17(14)21-18(28-15)20-16(23)3-2-8-27-13-6-4-11(19)5-7-13/h4-7,9-10H,2-3,8H2,1H3,(H,20,21,23). The Hall–Kier alpha value is -2.36. The van der Waals surface area contributed by atoms with E-state index >= 15 is 0 Å². The highest BCUT2D eigenvalue weighted by atomic mass is 35.5. The van der Waals surface area contributed by atoms with Crippen LogP contribution in [-0.2, 0) is 4.79 Å². The van der Waals surface area contributed by atoms with E-state index in [4.69, 9.17) is 16.3 Å². The minimum atomic E-state index is -0.488. The van der Waals surface area contributed by atoms with E-state index in [0.717, 1.165) is 10.6 Å². The topological polar surface area (TPSA) is 94.4 Å². The van der Waals surface area contributed by atoms with E-state index < -0.39 is 4.92 Å². The van der Waals surface area contributed by atoms with Gasteiger partial charge in [-0.05, 0) is 36.4 Å². The number of halogens is 1. The molecule has 0 aliphatic heterocycles. The third kappa shape index (κ3) is 5.12. The summed E-state index contributed by atoms with van der Waals surface area (Å²) in [6, 6.07) is 10.3. The molecule has 2 aromatic carbocycles. The van der Waals surface area contributed by atoms with E-state index in [1.54, 1.807) is 11.8 Å². The Labute approximate surface area is 174 Å². The Balaban J connectivity index is 1.57. The highest BCUT2D eigenvalue weighted by Crippen LogP contribution is 2.36. The fourth-order valence-corrected chi connectivity index (χ4v) is 4.35. The molecule has 28 heavy (non-hydrogen) atoms. The van der Waals surface area contributed by atoms with E-state index in [9.17, 15) is 14.9 Å². The number of hydrogen-bond donors (Lipinski definition) is 1. The number of nitro benzene ring substituents is 1. The van der Waals surface area contributed by atoms with Crippen LogP contribution in [-0.4, -0.2) is 28.7 Å². The lowest BCUT2D eigenvalue weighted by molar-refractivity contribution is -0.384. The van der Waals surface area contributed by atoms with Gasteiger partial charge in [0.15, 0.2) is 10.9 Å². The first-order chi connectivity index (χ1) is 13.5. The van der Waals surface area contributed by atoms with Gasteiger partial charge in [-0.3, -0.25) is 14.9 Å². The lowest BCUT2D eigenvalue weighted by Gasteiger charge is -2.03.